The average molecular weight is 250 g/mol. The zero-order chi connectivity index (χ0) is 13.0. The first kappa shape index (κ1) is 13.2. The number of β-amino-alcohol motifs (C(OH)–C–C–N with tert-alkyl or cyclic N) is 1. The van der Waals surface area contributed by atoms with Gasteiger partial charge in [0.1, 0.15) is 0 Å². The molecular formula is C13H22N4O. The Morgan fingerprint density at radius 1 is 1.17 bits per heavy atom. The molecule has 0 amide bonds. The Labute approximate surface area is 108 Å². The van der Waals surface area contributed by atoms with Crippen LogP contribution in [0, 0.1) is 0 Å². The molecule has 5 nitrogen and oxygen atoms in total. The minimum atomic E-state index is 0.239. The van der Waals surface area contributed by atoms with E-state index in [1.165, 1.54) is 0 Å². The van der Waals surface area contributed by atoms with Crippen molar-refractivity contribution in [3.05, 3.63) is 17.8 Å². The molecule has 1 aliphatic heterocycles. The van der Waals surface area contributed by atoms with Crippen LogP contribution in [0.1, 0.15) is 25.5 Å². The van der Waals surface area contributed by atoms with Crippen LogP contribution in [0.25, 0.3) is 0 Å². The van der Waals surface area contributed by atoms with E-state index in [1.54, 1.807) is 0 Å². The maximum atomic E-state index is 8.91. The van der Waals surface area contributed by atoms with E-state index in [-0.39, 0.29) is 6.61 Å². The maximum Gasteiger partial charge on any atom is 0.151 e. The van der Waals surface area contributed by atoms with Gasteiger partial charge in [-0.1, -0.05) is 13.8 Å². The molecule has 5 heteroatoms. The van der Waals surface area contributed by atoms with Gasteiger partial charge in [0.15, 0.2) is 5.82 Å². The summed E-state index contributed by atoms with van der Waals surface area (Å²) < 4.78 is 0. The van der Waals surface area contributed by atoms with Crippen LogP contribution in [0.2, 0.25) is 0 Å². The number of aromatic nitrogens is 2. The SMILES string of the molecule is CC(C)c1ccc(N2CCN(CCO)CC2)nn1. The second kappa shape index (κ2) is 6.11. The van der Waals surface area contributed by atoms with E-state index in [0.29, 0.717) is 5.92 Å². The first-order chi connectivity index (χ1) is 8.70. The topological polar surface area (TPSA) is 52.5 Å². The molecule has 0 bridgehead atoms. The quantitative estimate of drug-likeness (QED) is 0.853. The van der Waals surface area contributed by atoms with Gasteiger partial charge in [0.05, 0.1) is 12.3 Å². The molecule has 1 aliphatic rings. The molecule has 1 N–H and O–H groups in total. The van der Waals surface area contributed by atoms with Crippen molar-refractivity contribution in [2.45, 2.75) is 19.8 Å². The van der Waals surface area contributed by atoms with Crippen molar-refractivity contribution in [1.82, 2.24) is 15.1 Å². The number of aliphatic hydroxyl groups excluding tert-OH is 1. The number of hydrogen-bond acceptors (Lipinski definition) is 5. The lowest BCUT2D eigenvalue weighted by Crippen LogP contribution is -2.47. The summed E-state index contributed by atoms with van der Waals surface area (Å²) in [6.45, 7) is 9.12. The third-order valence-electron chi connectivity index (χ3n) is 3.38. The summed E-state index contributed by atoms with van der Waals surface area (Å²) in [6.07, 6.45) is 0. The van der Waals surface area contributed by atoms with Gasteiger partial charge in [-0.25, -0.2) is 0 Å². The van der Waals surface area contributed by atoms with Gasteiger partial charge in [-0.2, -0.15) is 5.10 Å². The first-order valence-corrected chi connectivity index (χ1v) is 6.62. The maximum absolute atomic E-state index is 8.91. The molecule has 18 heavy (non-hydrogen) atoms. The minimum Gasteiger partial charge on any atom is -0.395 e. The summed E-state index contributed by atoms with van der Waals surface area (Å²) >= 11 is 0. The number of piperazine rings is 1. The van der Waals surface area contributed by atoms with Crippen LogP contribution in [0.3, 0.4) is 0 Å². The van der Waals surface area contributed by atoms with Gasteiger partial charge < -0.3 is 10.0 Å². The van der Waals surface area contributed by atoms with Gasteiger partial charge in [0.25, 0.3) is 0 Å². The molecule has 1 saturated heterocycles. The normalized spacial score (nSPS) is 17.4. The molecule has 0 saturated carbocycles. The lowest BCUT2D eigenvalue weighted by atomic mass is 10.1. The zero-order valence-electron chi connectivity index (χ0n) is 11.2. The van der Waals surface area contributed by atoms with Gasteiger partial charge in [-0.05, 0) is 18.1 Å². The van der Waals surface area contributed by atoms with Crippen LogP contribution in [-0.2, 0) is 0 Å². The van der Waals surface area contributed by atoms with Crippen molar-refractivity contribution in [2.75, 3.05) is 44.2 Å². The summed E-state index contributed by atoms with van der Waals surface area (Å²) in [5, 5.41) is 17.5. The summed E-state index contributed by atoms with van der Waals surface area (Å²) in [5.74, 6) is 1.39. The van der Waals surface area contributed by atoms with Gasteiger partial charge in [0.2, 0.25) is 0 Å². The lowest BCUT2D eigenvalue weighted by Gasteiger charge is -2.34. The Balaban J connectivity index is 1.93. The predicted molar refractivity (Wildman–Crippen MR) is 71.9 cm³/mol. The molecular weight excluding hydrogens is 228 g/mol. The molecule has 2 rings (SSSR count). The van der Waals surface area contributed by atoms with Crippen molar-refractivity contribution in [3.8, 4) is 0 Å². The highest BCUT2D eigenvalue weighted by Gasteiger charge is 2.17. The first-order valence-electron chi connectivity index (χ1n) is 6.62. The van der Waals surface area contributed by atoms with Crippen LogP contribution in [0.15, 0.2) is 12.1 Å². The Morgan fingerprint density at radius 3 is 2.39 bits per heavy atom. The Morgan fingerprint density at radius 2 is 1.89 bits per heavy atom. The van der Waals surface area contributed by atoms with Gasteiger partial charge in [0, 0.05) is 32.7 Å². The zero-order valence-corrected chi connectivity index (χ0v) is 11.2. The summed E-state index contributed by atoms with van der Waals surface area (Å²) in [7, 11) is 0. The summed E-state index contributed by atoms with van der Waals surface area (Å²) in [5.41, 5.74) is 1.04. The Bertz CT molecular complexity index is 358. The molecule has 0 atom stereocenters. The number of aliphatic hydroxyl groups is 1. The van der Waals surface area contributed by atoms with Crippen LogP contribution in [0.5, 0.6) is 0 Å². The highest BCUT2D eigenvalue weighted by molar-refractivity contribution is 5.38. The summed E-state index contributed by atoms with van der Waals surface area (Å²) in [6, 6.07) is 4.12. The Kier molecular flexibility index (Phi) is 4.49. The Hall–Kier alpha value is -1.20. The molecule has 0 unspecified atom stereocenters. The van der Waals surface area contributed by atoms with E-state index >= 15 is 0 Å². The van der Waals surface area contributed by atoms with Gasteiger partial charge >= 0.3 is 0 Å². The van der Waals surface area contributed by atoms with Crippen LogP contribution < -0.4 is 4.90 Å². The van der Waals surface area contributed by atoms with Gasteiger partial charge in [-0.15, -0.1) is 5.10 Å². The van der Waals surface area contributed by atoms with Crippen molar-refractivity contribution in [3.63, 3.8) is 0 Å². The third-order valence-corrected chi connectivity index (χ3v) is 3.38. The molecule has 2 heterocycles. The minimum absolute atomic E-state index is 0.239. The van der Waals surface area contributed by atoms with Crippen molar-refractivity contribution < 1.29 is 5.11 Å². The molecule has 0 spiro atoms. The largest absolute Gasteiger partial charge is 0.395 e. The van der Waals surface area contributed by atoms with E-state index in [1.807, 2.05) is 0 Å². The van der Waals surface area contributed by atoms with Gasteiger partial charge in [-0.3, -0.25) is 4.90 Å². The van der Waals surface area contributed by atoms with Crippen LogP contribution in [-0.4, -0.2) is 59.5 Å². The molecule has 0 aliphatic carbocycles. The lowest BCUT2D eigenvalue weighted by molar-refractivity contribution is 0.188. The molecule has 1 fully saturated rings. The fourth-order valence-corrected chi connectivity index (χ4v) is 2.15. The third kappa shape index (κ3) is 3.17. The van der Waals surface area contributed by atoms with E-state index < -0.39 is 0 Å². The van der Waals surface area contributed by atoms with Crippen molar-refractivity contribution in [2.24, 2.45) is 0 Å². The van der Waals surface area contributed by atoms with Crippen molar-refractivity contribution in [1.29, 1.82) is 0 Å². The van der Waals surface area contributed by atoms with Crippen LogP contribution >= 0.6 is 0 Å². The highest BCUT2D eigenvalue weighted by atomic mass is 16.3. The second-order valence-electron chi connectivity index (χ2n) is 5.02. The number of anilines is 1. The molecule has 0 aromatic carbocycles. The number of rotatable bonds is 4. The van der Waals surface area contributed by atoms with E-state index in [4.69, 9.17) is 5.11 Å². The molecule has 0 radical (unpaired) electrons. The second-order valence-corrected chi connectivity index (χ2v) is 5.02. The standard InChI is InChI=1S/C13H22N4O/c1-11(2)12-3-4-13(15-14-12)17-7-5-16(6-8-17)9-10-18/h3-4,11,18H,5-10H2,1-2H3. The van der Waals surface area contributed by atoms with E-state index in [0.717, 1.165) is 44.2 Å². The monoisotopic (exact) mass is 250 g/mol. The fraction of sp³-hybridized carbons (Fsp3) is 0.692. The fourth-order valence-electron chi connectivity index (χ4n) is 2.15. The van der Waals surface area contributed by atoms with Crippen LogP contribution in [0.4, 0.5) is 5.82 Å². The average Bonchev–Trinajstić information content (AvgIpc) is 2.40. The number of hydrogen-bond donors (Lipinski definition) is 1. The van der Waals surface area contributed by atoms with Crippen molar-refractivity contribution >= 4 is 5.82 Å². The molecule has 1 aromatic heterocycles. The highest BCUT2D eigenvalue weighted by Crippen LogP contribution is 2.16. The summed E-state index contributed by atoms with van der Waals surface area (Å²) in [4.78, 5) is 4.53. The smallest absolute Gasteiger partial charge is 0.151 e. The predicted octanol–water partition coefficient (Wildman–Crippen LogP) is 0.714. The molecule has 100 valence electrons. The van der Waals surface area contributed by atoms with E-state index in [9.17, 15) is 0 Å². The molecule has 1 aromatic rings. The van der Waals surface area contributed by atoms with E-state index in [2.05, 4.69) is 46.0 Å². The number of nitrogens with zero attached hydrogens (tertiary/aromatic N) is 4.